The smallest absolute Gasteiger partial charge is 0.249 e. The maximum atomic E-state index is 11.7. The number of ether oxygens (including phenoxy) is 1. The zero-order valence-electron chi connectivity index (χ0n) is 10.9. The topological polar surface area (TPSA) is 38.3 Å². The van der Waals surface area contributed by atoms with Gasteiger partial charge in [-0.1, -0.05) is 13.8 Å². The first kappa shape index (κ1) is 14.2. The highest BCUT2D eigenvalue weighted by atomic mass is 32.1. The summed E-state index contributed by atoms with van der Waals surface area (Å²) in [5, 5.41) is 2.88. The lowest BCUT2D eigenvalue weighted by Crippen LogP contribution is -2.34. The Bertz CT molecular complexity index is 360. The minimum Gasteiger partial charge on any atom is -0.368 e. The van der Waals surface area contributed by atoms with Gasteiger partial charge in [-0.15, -0.1) is 11.3 Å². The van der Waals surface area contributed by atoms with Crippen molar-refractivity contribution >= 4 is 17.2 Å². The van der Waals surface area contributed by atoms with Gasteiger partial charge in [0.15, 0.2) is 0 Å². The van der Waals surface area contributed by atoms with Crippen LogP contribution < -0.4 is 5.32 Å². The average Bonchev–Trinajstić information content (AvgIpc) is 2.68. The molecule has 1 aromatic heterocycles. The molecule has 0 bridgehead atoms. The summed E-state index contributed by atoms with van der Waals surface area (Å²) in [4.78, 5) is 14.1. The maximum Gasteiger partial charge on any atom is 0.249 e. The van der Waals surface area contributed by atoms with E-state index >= 15 is 0 Å². The summed E-state index contributed by atoms with van der Waals surface area (Å²) in [6, 6.07) is 4.10. The molecule has 1 atom stereocenters. The van der Waals surface area contributed by atoms with Gasteiger partial charge in [-0.05, 0) is 31.9 Å². The SMILES string of the molecule is Cc1ccc(CNC(=O)[C@@H](C)OCC(C)C)s1. The van der Waals surface area contributed by atoms with E-state index in [9.17, 15) is 4.79 Å². The molecule has 0 spiro atoms. The number of carbonyl (C=O) groups excluding carboxylic acids is 1. The zero-order chi connectivity index (χ0) is 12.8. The van der Waals surface area contributed by atoms with E-state index in [2.05, 4.69) is 32.2 Å². The van der Waals surface area contributed by atoms with Crippen molar-refractivity contribution in [1.29, 1.82) is 0 Å². The summed E-state index contributed by atoms with van der Waals surface area (Å²) in [6.45, 7) is 9.19. The van der Waals surface area contributed by atoms with E-state index in [4.69, 9.17) is 4.74 Å². The van der Waals surface area contributed by atoms with Crippen LogP contribution in [0.25, 0.3) is 0 Å². The fraction of sp³-hybridized carbons (Fsp3) is 0.615. The summed E-state index contributed by atoms with van der Waals surface area (Å²) in [5.41, 5.74) is 0. The Balaban J connectivity index is 2.29. The molecule has 0 saturated carbocycles. The molecular weight excluding hydrogens is 234 g/mol. The van der Waals surface area contributed by atoms with Gasteiger partial charge in [-0.3, -0.25) is 4.79 Å². The summed E-state index contributed by atoms with van der Waals surface area (Å²) in [6.07, 6.45) is -0.376. The monoisotopic (exact) mass is 255 g/mol. The van der Waals surface area contributed by atoms with Gasteiger partial charge in [0, 0.05) is 16.4 Å². The number of carbonyl (C=O) groups is 1. The molecule has 1 aromatic rings. The Labute approximate surface area is 107 Å². The fourth-order valence-electron chi connectivity index (χ4n) is 1.31. The van der Waals surface area contributed by atoms with Crippen molar-refractivity contribution in [2.75, 3.05) is 6.61 Å². The summed E-state index contributed by atoms with van der Waals surface area (Å²) < 4.78 is 5.45. The maximum absolute atomic E-state index is 11.7. The number of hydrogen-bond donors (Lipinski definition) is 1. The summed E-state index contributed by atoms with van der Waals surface area (Å²) in [5.74, 6) is 0.405. The van der Waals surface area contributed by atoms with Gasteiger partial charge in [0.25, 0.3) is 0 Å². The number of hydrogen-bond acceptors (Lipinski definition) is 3. The molecule has 1 rings (SSSR count). The van der Waals surface area contributed by atoms with Crippen LogP contribution in [0.3, 0.4) is 0 Å². The van der Waals surface area contributed by atoms with E-state index in [1.165, 1.54) is 9.75 Å². The minimum absolute atomic E-state index is 0.0447. The number of amides is 1. The van der Waals surface area contributed by atoms with Gasteiger partial charge >= 0.3 is 0 Å². The lowest BCUT2D eigenvalue weighted by Gasteiger charge is -2.14. The Morgan fingerprint density at radius 1 is 1.41 bits per heavy atom. The fourth-order valence-corrected chi connectivity index (χ4v) is 2.14. The van der Waals surface area contributed by atoms with E-state index in [1.54, 1.807) is 18.3 Å². The normalized spacial score (nSPS) is 12.8. The van der Waals surface area contributed by atoms with Crippen LogP contribution in [0.5, 0.6) is 0 Å². The van der Waals surface area contributed by atoms with E-state index in [0.29, 0.717) is 19.1 Å². The Kier molecular flexibility index (Phi) is 5.65. The third-order valence-corrected chi connectivity index (χ3v) is 3.28. The summed E-state index contributed by atoms with van der Waals surface area (Å²) in [7, 11) is 0. The van der Waals surface area contributed by atoms with Crippen LogP contribution in [0.2, 0.25) is 0 Å². The van der Waals surface area contributed by atoms with Gasteiger partial charge in [-0.25, -0.2) is 0 Å². The molecular formula is C13H21NO2S. The zero-order valence-corrected chi connectivity index (χ0v) is 11.8. The molecule has 0 aliphatic carbocycles. The predicted molar refractivity (Wildman–Crippen MR) is 71.2 cm³/mol. The highest BCUT2D eigenvalue weighted by Gasteiger charge is 2.13. The molecule has 96 valence electrons. The molecule has 17 heavy (non-hydrogen) atoms. The molecule has 0 radical (unpaired) electrons. The third-order valence-electron chi connectivity index (χ3n) is 2.28. The first-order valence-corrected chi connectivity index (χ1v) is 6.75. The largest absolute Gasteiger partial charge is 0.368 e. The van der Waals surface area contributed by atoms with Crippen molar-refractivity contribution in [2.24, 2.45) is 5.92 Å². The second kappa shape index (κ2) is 6.77. The van der Waals surface area contributed by atoms with Crippen LogP contribution in [0, 0.1) is 12.8 Å². The molecule has 1 N–H and O–H groups in total. The lowest BCUT2D eigenvalue weighted by molar-refractivity contribution is -0.132. The molecule has 0 aromatic carbocycles. The van der Waals surface area contributed by atoms with Gasteiger partial charge in [0.05, 0.1) is 6.54 Å². The standard InChI is InChI=1S/C13H21NO2S/c1-9(2)8-16-11(4)13(15)14-7-12-6-5-10(3)17-12/h5-6,9,11H,7-8H2,1-4H3,(H,14,15)/t11-/m1/s1. The molecule has 0 aliphatic rings. The molecule has 0 aliphatic heterocycles. The van der Waals surface area contributed by atoms with Gasteiger partial charge < -0.3 is 10.1 Å². The van der Waals surface area contributed by atoms with E-state index in [1.807, 2.05) is 6.07 Å². The number of aryl methyl sites for hydroxylation is 1. The van der Waals surface area contributed by atoms with Gasteiger partial charge in [0.1, 0.15) is 6.10 Å². The molecule has 0 fully saturated rings. The second-order valence-electron chi connectivity index (χ2n) is 4.60. The second-order valence-corrected chi connectivity index (χ2v) is 5.97. The van der Waals surface area contributed by atoms with E-state index in [-0.39, 0.29) is 12.0 Å². The quantitative estimate of drug-likeness (QED) is 0.849. The lowest BCUT2D eigenvalue weighted by atomic mass is 10.2. The minimum atomic E-state index is -0.376. The van der Waals surface area contributed by atoms with Crippen molar-refractivity contribution in [3.63, 3.8) is 0 Å². The van der Waals surface area contributed by atoms with Crippen LogP contribution in [-0.4, -0.2) is 18.6 Å². The number of rotatable bonds is 6. The number of thiophene rings is 1. The molecule has 1 heterocycles. The van der Waals surface area contributed by atoms with E-state index in [0.717, 1.165) is 0 Å². The van der Waals surface area contributed by atoms with Crippen molar-refractivity contribution in [3.05, 3.63) is 21.9 Å². The first-order chi connectivity index (χ1) is 7.99. The average molecular weight is 255 g/mol. The van der Waals surface area contributed by atoms with E-state index < -0.39 is 0 Å². The van der Waals surface area contributed by atoms with Gasteiger partial charge in [0.2, 0.25) is 5.91 Å². The molecule has 0 unspecified atom stereocenters. The van der Waals surface area contributed by atoms with Crippen LogP contribution in [-0.2, 0) is 16.1 Å². The van der Waals surface area contributed by atoms with Gasteiger partial charge in [-0.2, -0.15) is 0 Å². The van der Waals surface area contributed by atoms with Crippen LogP contribution >= 0.6 is 11.3 Å². The number of nitrogens with one attached hydrogen (secondary N) is 1. The van der Waals surface area contributed by atoms with Crippen LogP contribution in [0.4, 0.5) is 0 Å². The summed E-state index contributed by atoms with van der Waals surface area (Å²) >= 11 is 1.70. The third kappa shape index (κ3) is 5.33. The Morgan fingerprint density at radius 3 is 2.65 bits per heavy atom. The molecule has 3 nitrogen and oxygen atoms in total. The van der Waals surface area contributed by atoms with Crippen molar-refractivity contribution in [1.82, 2.24) is 5.32 Å². The molecule has 1 amide bonds. The van der Waals surface area contributed by atoms with Crippen LogP contribution in [0.1, 0.15) is 30.5 Å². The Hall–Kier alpha value is -0.870. The van der Waals surface area contributed by atoms with Crippen LogP contribution in [0.15, 0.2) is 12.1 Å². The highest BCUT2D eigenvalue weighted by Crippen LogP contribution is 2.14. The predicted octanol–water partition coefficient (Wildman–Crippen LogP) is 2.73. The molecule has 0 saturated heterocycles. The van der Waals surface area contributed by atoms with Crippen molar-refractivity contribution in [2.45, 2.75) is 40.3 Å². The molecule has 4 heteroatoms. The Morgan fingerprint density at radius 2 is 2.12 bits per heavy atom. The van der Waals surface area contributed by atoms with Crippen molar-refractivity contribution in [3.8, 4) is 0 Å². The first-order valence-electron chi connectivity index (χ1n) is 5.93. The van der Waals surface area contributed by atoms with Crippen molar-refractivity contribution < 1.29 is 9.53 Å². The highest BCUT2D eigenvalue weighted by molar-refractivity contribution is 7.11.